The summed E-state index contributed by atoms with van der Waals surface area (Å²) in [5.41, 5.74) is 2.13. The minimum absolute atomic E-state index is 0.0495. The Morgan fingerprint density at radius 2 is 1.96 bits per heavy atom. The number of benzene rings is 2. The molecule has 1 unspecified atom stereocenters. The second-order valence-corrected chi connectivity index (χ2v) is 7.11. The Kier molecular flexibility index (Phi) is 5.11. The molecule has 1 aromatic heterocycles. The van der Waals surface area contributed by atoms with E-state index in [1.165, 1.54) is 11.8 Å². The molecule has 1 atom stereocenters. The molecule has 2 heterocycles. The van der Waals surface area contributed by atoms with Crippen molar-refractivity contribution in [2.24, 2.45) is 0 Å². The summed E-state index contributed by atoms with van der Waals surface area (Å²) in [7, 11) is 1.40. The number of allylic oxidation sites excluding steroid dienone is 1. The fourth-order valence-corrected chi connectivity index (χ4v) is 3.37. The third-order valence-corrected chi connectivity index (χ3v) is 4.96. The third kappa shape index (κ3) is 3.51. The molecule has 0 saturated heterocycles. The number of hydrogen-bond donors (Lipinski definition) is 1. The van der Waals surface area contributed by atoms with E-state index >= 15 is 0 Å². The molecule has 2 aromatic carbocycles. The molecule has 0 aliphatic carbocycles. The molecule has 1 N–H and O–H groups in total. The molecule has 28 heavy (non-hydrogen) atoms. The van der Waals surface area contributed by atoms with Crippen LogP contribution in [0.4, 0.5) is 14.7 Å². The molecule has 0 amide bonds. The minimum Gasteiger partial charge on any atom is -0.493 e. The van der Waals surface area contributed by atoms with E-state index in [1.54, 1.807) is 18.2 Å². The van der Waals surface area contributed by atoms with Crippen LogP contribution >= 0.6 is 22.6 Å². The van der Waals surface area contributed by atoms with Crippen LogP contribution in [-0.2, 0) is 0 Å². The van der Waals surface area contributed by atoms with Crippen molar-refractivity contribution in [1.29, 1.82) is 0 Å². The van der Waals surface area contributed by atoms with Crippen molar-refractivity contribution in [3.05, 3.63) is 63.2 Å². The van der Waals surface area contributed by atoms with Crippen LogP contribution in [0.3, 0.4) is 0 Å². The molecule has 10 heteroatoms. The van der Waals surface area contributed by atoms with Crippen LogP contribution in [0.25, 0.3) is 5.70 Å². The van der Waals surface area contributed by atoms with E-state index in [9.17, 15) is 8.78 Å². The Morgan fingerprint density at radius 1 is 1.18 bits per heavy atom. The lowest BCUT2D eigenvalue weighted by molar-refractivity contribution is -0.0520. The number of nitrogens with one attached hydrogen (secondary N) is 1. The summed E-state index contributed by atoms with van der Waals surface area (Å²) < 4.78 is 38.7. The van der Waals surface area contributed by atoms with Gasteiger partial charge in [0.25, 0.3) is 0 Å². The lowest BCUT2D eigenvalue weighted by Gasteiger charge is -2.25. The predicted octanol–water partition coefficient (Wildman–Crippen LogP) is 3.94. The number of fused-ring (bicyclic) bond motifs is 1. The molecule has 1 aliphatic heterocycles. The monoisotopic (exact) mass is 497 g/mol. The topological polar surface area (TPSA) is 74.1 Å². The normalized spacial score (nSPS) is 15.6. The zero-order valence-corrected chi connectivity index (χ0v) is 16.7. The molecule has 0 saturated carbocycles. The first-order valence-corrected chi connectivity index (χ1v) is 9.29. The first kappa shape index (κ1) is 18.6. The van der Waals surface area contributed by atoms with E-state index in [4.69, 9.17) is 9.47 Å². The summed E-state index contributed by atoms with van der Waals surface area (Å²) in [4.78, 5) is 0. The summed E-state index contributed by atoms with van der Waals surface area (Å²) >= 11 is 2.23. The molecule has 7 nitrogen and oxygen atoms in total. The van der Waals surface area contributed by atoms with Crippen molar-refractivity contribution in [3.63, 3.8) is 0 Å². The van der Waals surface area contributed by atoms with Gasteiger partial charge in [0.2, 0.25) is 5.95 Å². The number of aromatic nitrogens is 4. The van der Waals surface area contributed by atoms with Gasteiger partial charge in [-0.15, -0.1) is 0 Å². The van der Waals surface area contributed by atoms with Gasteiger partial charge < -0.3 is 14.8 Å². The van der Waals surface area contributed by atoms with Crippen LogP contribution < -0.4 is 14.8 Å². The fourth-order valence-electron chi connectivity index (χ4n) is 3.01. The molecule has 0 bridgehead atoms. The second-order valence-electron chi connectivity index (χ2n) is 5.86. The van der Waals surface area contributed by atoms with Crippen LogP contribution in [0.1, 0.15) is 17.2 Å². The Balaban J connectivity index is 1.85. The lowest BCUT2D eigenvalue weighted by atomic mass is 10.0. The van der Waals surface area contributed by atoms with Gasteiger partial charge in [0.1, 0.15) is 6.04 Å². The van der Waals surface area contributed by atoms with Crippen molar-refractivity contribution in [2.45, 2.75) is 12.7 Å². The Morgan fingerprint density at radius 3 is 2.68 bits per heavy atom. The largest absolute Gasteiger partial charge is 0.493 e. The summed E-state index contributed by atoms with van der Waals surface area (Å²) in [6.07, 6.45) is 1.86. The van der Waals surface area contributed by atoms with Crippen molar-refractivity contribution in [1.82, 2.24) is 20.2 Å². The Hall–Kier alpha value is -2.76. The predicted molar refractivity (Wildman–Crippen MR) is 106 cm³/mol. The average molecular weight is 497 g/mol. The van der Waals surface area contributed by atoms with E-state index in [0.717, 1.165) is 14.8 Å². The zero-order chi connectivity index (χ0) is 19.7. The first-order chi connectivity index (χ1) is 13.6. The Labute approximate surface area is 172 Å². The summed E-state index contributed by atoms with van der Waals surface area (Å²) in [5, 5.41) is 14.9. The van der Waals surface area contributed by atoms with Crippen molar-refractivity contribution < 1.29 is 18.3 Å². The van der Waals surface area contributed by atoms with Gasteiger partial charge in [-0.25, -0.2) is 0 Å². The van der Waals surface area contributed by atoms with Crippen LogP contribution in [0.15, 0.2) is 48.5 Å². The van der Waals surface area contributed by atoms with Gasteiger partial charge >= 0.3 is 6.61 Å². The Bertz CT molecular complexity index is 1020. The molecule has 0 fully saturated rings. The maximum atomic E-state index is 13.0. The van der Waals surface area contributed by atoms with Gasteiger partial charge in [-0.2, -0.15) is 13.5 Å². The smallest absolute Gasteiger partial charge is 0.387 e. The highest BCUT2D eigenvalue weighted by molar-refractivity contribution is 14.1. The highest BCUT2D eigenvalue weighted by Gasteiger charge is 2.29. The summed E-state index contributed by atoms with van der Waals surface area (Å²) in [6.45, 7) is -3.00. The number of alkyl halides is 2. The first-order valence-electron chi connectivity index (χ1n) is 8.21. The number of hydrogen-bond acceptors (Lipinski definition) is 6. The van der Waals surface area contributed by atoms with Gasteiger partial charge in [-0.1, -0.05) is 29.4 Å². The average Bonchev–Trinajstić information content (AvgIpc) is 3.16. The highest BCUT2D eigenvalue weighted by atomic mass is 127. The van der Waals surface area contributed by atoms with Gasteiger partial charge in [0.15, 0.2) is 11.5 Å². The van der Waals surface area contributed by atoms with E-state index in [1.807, 2.05) is 30.3 Å². The van der Waals surface area contributed by atoms with Crippen LogP contribution in [0.2, 0.25) is 0 Å². The number of rotatable bonds is 5. The zero-order valence-electron chi connectivity index (χ0n) is 14.5. The van der Waals surface area contributed by atoms with Gasteiger partial charge in [-0.05, 0) is 62.9 Å². The van der Waals surface area contributed by atoms with Crippen LogP contribution in [0.5, 0.6) is 11.5 Å². The van der Waals surface area contributed by atoms with Crippen molar-refractivity contribution in [2.75, 3.05) is 12.4 Å². The number of ether oxygens (including phenoxy) is 2. The van der Waals surface area contributed by atoms with Crippen molar-refractivity contribution >= 4 is 34.2 Å². The molecule has 144 valence electrons. The number of methoxy groups -OCH3 is 1. The minimum atomic E-state index is -3.00. The van der Waals surface area contributed by atoms with Crippen LogP contribution in [-0.4, -0.2) is 33.9 Å². The molecule has 4 rings (SSSR count). The standard InChI is InChI=1S/C18H14F2IN5O2/c1-27-15-4-2-3-12(16(15)28-17(19)20)14-9-13(10-5-7-11(21)8-6-10)22-18-23-24-25-26(14)18/h2-9,14,17H,1H3,(H,22,23,25). The SMILES string of the molecule is COc1cccc(C2C=C(c3ccc(I)cc3)Nc3nnnn32)c1OC(F)F. The maximum Gasteiger partial charge on any atom is 0.387 e. The maximum absolute atomic E-state index is 13.0. The number of nitrogens with zero attached hydrogens (tertiary/aromatic N) is 4. The summed E-state index contributed by atoms with van der Waals surface area (Å²) in [6, 6.07) is 12.2. The van der Waals surface area contributed by atoms with Gasteiger partial charge in [-0.3, -0.25) is 0 Å². The van der Waals surface area contributed by atoms with E-state index in [2.05, 4.69) is 43.4 Å². The number of para-hydroxylation sites is 1. The molecule has 3 aromatic rings. The van der Waals surface area contributed by atoms with Crippen molar-refractivity contribution in [3.8, 4) is 11.5 Å². The number of tetrazole rings is 1. The van der Waals surface area contributed by atoms with E-state index in [-0.39, 0.29) is 11.5 Å². The van der Waals surface area contributed by atoms with E-state index < -0.39 is 12.7 Å². The van der Waals surface area contributed by atoms with Crippen LogP contribution in [0, 0.1) is 3.57 Å². The lowest BCUT2D eigenvalue weighted by Crippen LogP contribution is -2.21. The number of halogens is 3. The molecule has 1 aliphatic rings. The molecule has 0 radical (unpaired) electrons. The fraction of sp³-hybridized carbons (Fsp3) is 0.167. The quantitative estimate of drug-likeness (QED) is 0.539. The molecular formula is C18H14F2IN5O2. The van der Waals surface area contributed by atoms with E-state index in [0.29, 0.717) is 11.5 Å². The second kappa shape index (κ2) is 7.70. The third-order valence-electron chi connectivity index (χ3n) is 4.24. The number of anilines is 1. The molecule has 0 spiro atoms. The highest BCUT2D eigenvalue weighted by Crippen LogP contribution is 2.41. The molecular weight excluding hydrogens is 483 g/mol. The summed E-state index contributed by atoms with van der Waals surface area (Å²) in [5.74, 6) is 0.550. The van der Waals surface area contributed by atoms with Gasteiger partial charge in [0.05, 0.1) is 7.11 Å². The van der Waals surface area contributed by atoms with Gasteiger partial charge in [0, 0.05) is 14.8 Å².